The van der Waals surface area contributed by atoms with Gasteiger partial charge in [-0.25, -0.2) is 0 Å². The van der Waals surface area contributed by atoms with E-state index in [1.807, 2.05) is 24.1 Å². The normalized spacial score (nSPS) is 16.0. The first-order chi connectivity index (χ1) is 9.19. The molecule has 1 aliphatic heterocycles. The van der Waals surface area contributed by atoms with Crippen molar-refractivity contribution in [3.05, 3.63) is 21.3 Å². The predicted octanol–water partition coefficient (Wildman–Crippen LogP) is 3.21. The third-order valence-electron chi connectivity index (χ3n) is 3.67. The number of hydrogen-bond donors (Lipinski definition) is 1. The van der Waals surface area contributed by atoms with Gasteiger partial charge in [-0.1, -0.05) is 11.6 Å². The van der Waals surface area contributed by atoms with Crippen molar-refractivity contribution >= 4 is 41.3 Å². The van der Waals surface area contributed by atoms with E-state index in [2.05, 4.69) is 5.32 Å². The van der Waals surface area contributed by atoms with Gasteiger partial charge in [0.05, 0.1) is 4.34 Å². The summed E-state index contributed by atoms with van der Waals surface area (Å²) in [6.45, 7) is 2.89. The van der Waals surface area contributed by atoms with Crippen LogP contribution in [0.2, 0.25) is 4.34 Å². The summed E-state index contributed by atoms with van der Waals surface area (Å²) in [5.74, 6) is 1.01. The smallest absolute Gasteiger partial charge is 0.222 e. The fourth-order valence-electron chi connectivity index (χ4n) is 2.55. The monoisotopic (exact) mass is 336 g/mol. The number of carbonyl (C=O) groups is 1. The first-order valence-electron chi connectivity index (χ1n) is 6.85. The maximum absolute atomic E-state index is 12.1. The van der Waals surface area contributed by atoms with Crippen molar-refractivity contribution in [2.45, 2.75) is 25.7 Å². The molecular weight excluding hydrogens is 315 g/mol. The minimum Gasteiger partial charge on any atom is -0.343 e. The molecule has 1 saturated heterocycles. The van der Waals surface area contributed by atoms with E-state index in [4.69, 9.17) is 11.6 Å². The summed E-state index contributed by atoms with van der Waals surface area (Å²) in [5, 5.41) is 3.22. The van der Waals surface area contributed by atoms with E-state index in [9.17, 15) is 4.79 Å². The summed E-state index contributed by atoms with van der Waals surface area (Å²) in [5.41, 5.74) is 0. The highest BCUT2D eigenvalue weighted by Gasteiger charge is 2.21. The van der Waals surface area contributed by atoms with Crippen LogP contribution < -0.4 is 5.32 Å². The quantitative estimate of drug-likeness (QED) is 0.895. The van der Waals surface area contributed by atoms with Gasteiger partial charge < -0.3 is 10.2 Å². The Morgan fingerprint density at radius 2 is 2.15 bits per heavy atom. The molecule has 1 fully saturated rings. The molecule has 2 rings (SSSR count). The molecule has 3 nitrogen and oxygen atoms in total. The number of carbonyl (C=O) groups excluding carboxylic acids is 1. The van der Waals surface area contributed by atoms with Crippen LogP contribution in [0.1, 0.15) is 24.1 Å². The number of thiophene rings is 1. The molecule has 2 heterocycles. The highest BCUT2D eigenvalue weighted by atomic mass is 35.5. The molecule has 0 saturated carbocycles. The minimum atomic E-state index is 0. The fourth-order valence-corrected chi connectivity index (χ4v) is 3.64. The summed E-state index contributed by atoms with van der Waals surface area (Å²) in [4.78, 5) is 15.3. The van der Waals surface area contributed by atoms with Crippen LogP contribution in [0.4, 0.5) is 0 Å². The third-order valence-corrected chi connectivity index (χ3v) is 4.97. The molecule has 1 aliphatic rings. The Labute approximate surface area is 136 Å². The molecular formula is C14H22Cl2N2OS. The molecule has 1 aromatic rings. The standard InChI is InChI=1S/C14H21ClN2OS.ClH/c1-16-10-11-6-8-17(9-7-11)14(18)5-3-12-2-4-13(15)19-12;/h2,4,11,16H,3,5-10H2,1H3;1H. The molecule has 20 heavy (non-hydrogen) atoms. The van der Waals surface area contributed by atoms with Crippen LogP contribution in [0.3, 0.4) is 0 Å². The van der Waals surface area contributed by atoms with Crippen molar-refractivity contribution < 1.29 is 4.79 Å². The van der Waals surface area contributed by atoms with Crippen molar-refractivity contribution in [2.24, 2.45) is 5.92 Å². The molecule has 0 atom stereocenters. The van der Waals surface area contributed by atoms with E-state index in [1.165, 1.54) is 4.88 Å². The number of nitrogens with one attached hydrogen (secondary N) is 1. The second-order valence-electron chi connectivity index (χ2n) is 5.09. The lowest BCUT2D eigenvalue weighted by Gasteiger charge is -2.32. The van der Waals surface area contributed by atoms with Gasteiger partial charge in [0.25, 0.3) is 0 Å². The van der Waals surface area contributed by atoms with Crippen molar-refractivity contribution in [1.82, 2.24) is 10.2 Å². The van der Waals surface area contributed by atoms with Gasteiger partial charge in [-0.15, -0.1) is 23.7 Å². The fraction of sp³-hybridized carbons (Fsp3) is 0.643. The van der Waals surface area contributed by atoms with E-state index < -0.39 is 0 Å². The number of halogens is 2. The van der Waals surface area contributed by atoms with Crippen LogP contribution in [-0.4, -0.2) is 37.5 Å². The Hall–Kier alpha value is -0.290. The molecule has 6 heteroatoms. The van der Waals surface area contributed by atoms with E-state index in [-0.39, 0.29) is 18.3 Å². The largest absolute Gasteiger partial charge is 0.343 e. The average Bonchev–Trinajstić information content (AvgIpc) is 2.83. The molecule has 0 radical (unpaired) electrons. The zero-order valence-electron chi connectivity index (χ0n) is 11.7. The van der Waals surface area contributed by atoms with Crippen molar-refractivity contribution in [3.8, 4) is 0 Å². The van der Waals surface area contributed by atoms with Gasteiger partial charge in [-0.05, 0) is 50.9 Å². The third kappa shape index (κ3) is 5.24. The van der Waals surface area contributed by atoms with Crippen LogP contribution in [0.25, 0.3) is 0 Å². The second-order valence-corrected chi connectivity index (χ2v) is 6.89. The molecule has 0 spiro atoms. The summed E-state index contributed by atoms with van der Waals surface area (Å²) < 4.78 is 0.801. The van der Waals surface area contributed by atoms with E-state index in [0.29, 0.717) is 6.42 Å². The van der Waals surface area contributed by atoms with Gasteiger partial charge in [0, 0.05) is 24.4 Å². The zero-order valence-corrected chi connectivity index (χ0v) is 14.1. The molecule has 1 N–H and O–H groups in total. The van der Waals surface area contributed by atoms with Gasteiger partial charge in [-0.2, -0.15) is 0 Å². The number of nitrogens with zero attached hydrogens (tertiary/aromatic N) is 1. The molecule has 1 amide bonds. The number of rotatable bonds is 5. The lowest BCUT2D eigenvalue weighted by Crippen LogP contribution is -2.40. The summed E-state index contributed by atoms with van der Waals surface area (Å²) >= 11 is 7.46. The van der Waals surface area contributed by atoms with Gasteiger partial charge in [-0.3, -0.25) is 4.79 Å². The molecule has 114 valence electrons. The maximum atomic E-state index is 12.1. The summed E-state index contributed by atoms with van der Waals surface area (Å²) in [7, 11) is 1.99. The van der Waals surface area contributed by atoms with Crippen LogP contribution in [0, 0.1) is 5.92 Å². The Morgan fingerprint density at radius 1 is 1.45 bits per heavy atom. The van der Waals surface area contributed by atoms with E-state index >= 15 is 0 Å². The first-order valence-corrected chi connectivity index (χ1v) is 8.05. The first kappa shape index (κ1) is 17.8. The molecule has 0 aliphatic carbocycles. The van der Waals surface area contributed by atoms with Crippen molar-refractivity contribution in [2.75, 3.05) is 26.7 Å². The summed E-state index contributed by atoms with van der Waals surface area (Å²) in [6.07, 6.45) is 3.66. The lowest BCUT2D eigenvalue weighted by molar-refractivity contribution is -0.132. The van der Waals surface area contributed by atoms with E-state index in [1.54, 1.807) is 11.3 Å². The van der Waals surface area contributed by atoms with Crippen LogP contribution >= 0.6 is 35.3 Å². The lowest BCUT2D eigenvalue weighted by atomic mass is 9.96. The topological polar surface area (TPSA) is 32.3 Å². The highest BCUT2D eigenvalue weighted by molar-refractivity contribution is 7.16. The SMILES string of the molecule is CNCC1CCN(C(=O)CCc2ccc(Cl)s2)CC1.Cl. The molecule has 0 bridgehead atoms. The average molecular weight is 337 g/mol. The van der Waals surface area contributed by atoms with Gasteiger partial charge in [0.2, 0.25) is 5.91 Å². The number of likely N-dealkylation sites (tertiary alicyclic amines) is 1. The second kappa shape index (κ2) is 8.88. The Balaban J connectivity index is 0.00000200. The zero-order chi connectivity index (χ0) is 13.7. The van der Waals surface area contributed by atoms with Gasteiger partial charge in [0.1, 0.15) is 0 Å². The van der Waals surface area contributed by atoms with Crippen LogP contribution in [0.5, 0.6) is 0 Å². The molecule has 1 aromatic heterocycles. The van der Waals surface area contributed by atoms with Crippen LogP contribution in [0.15, 0.2) is 12.1 Å². The summed E-state index contributed by atoms with van der Waals surface area (Å²) in [6, 6.07) is 3.91. The number of hydrogen-bond acceptors (Lipinski definition) is 3. The number of amides is 1. The van der Waals surface area contributed by atoms with Gasteiger partial charge >= 0.3 is 0 Å². The van der Waals surface area contributed by atoms with Crippen molar-refractivity contribution in [3.63, 3.8) is 0 Å². The molecule has 0 unspecified atom stereocenters. The van der Waals surface area contributed by atoms with Crippen LogP contribution in [-0.2, 0) is 11.2 Å². The Kier molecular flexibility index (Phi) is 7.88. The maximum Gasteiger partial charge on any atom is 0.222 e. The highest BCUT2D eigenvalue weighted by Crippen LogP contribution is 2.23. The minimum absolute atomic E-state index is 0. The van der Waals surface area contributed by atoms with Crippen molar-refractivity contribution in [1.29, 1.82) is 0 Å². The number of aryl methyl sites for hydroxylation is 1. The van der Waals surface area contributed by atoms with E-state index in [0.717, 1.165) is 49.2 Å². The number of piperidine rings is 1. The van der Waals surface area contributed by atoms with Gasteiger partial charge in [0.15, 0.2) is 0 Å². The molecule has 0 aromatic carbocycles. The predicted molar refractivity (Wildman–Crippen MR) is 88.1 cm³/mol. The Bertz CT molecular complexity index is 417. The Morgan fingerprint density at radius 3 is 2.70 bits per heavy atom.